The van der Waals surface area contributed by atoms with E-state index in [0.717, 1.165) is 5.75 Å². The maximum Gasteiger partial charge on any atom is 0.263 e. The summed E-state index contributed by atoms with van der Waals surface area (Å²) < 4.78 is 28.1. The standard InChI is InChI=1S/C10H16ClN3O2S2/c1-7-8(2)17-5-4-14(7)18(15,16)10-9(11)13(3)6-12-10/h6-8H,4-5H2,1-3H3. The van der Waals surface area contributed by atoms with Gasteiger partial charge in [0.25, 0.3) is 10.0 Å². The van der Waals surface area contributed by atoms with Crippen LogP contribution >= 0.6 is 23.4 Å². The number of sulfonamides is 1. The summed E-state index contributed by atoms with van der Waals surface area (Å²) in [5.74, 6) is 0.801. The van der Waals surface area contributed by atoms with Crippen molar-refractivity contribution in [2.24, 2.45) is 7.05 Å². The van der Waals surface area contributed by atoms with Gasteiger partial charge >= 0.3 is 0 Å². The molecule has 102 valence electrons. The maximum absolute atomic E-state index is 12.5. The third-order valence-electron chi connectivity index (χ3n) is 3.21. The SMILES string of the molecule is CC1SCCN(S(=O)(=O)c2ncn(C)c2Cl)C1C. The molecule has 1 fully saturated rings. The second kappa shape index (κ2) is 5.03. The number of halogens is 1. The zero-order chi connectivity index (χ0) is 13.5. The van der Waals surface area contributed by atoms with E-state index in [1.54, 1.807) is 18.8 Å². The summed E-state index contributed by atoms with van der Waals surface area (Å²) in [5.41, 5.74) is 0. The van der Waals surface area contributed by atoms with Crippen molar-refractivity contribution in [2.75, 3.05) is 12.3 Å². The molecule has 1 aromatic heterocycles. The van der Waals surface area contributed by atoms with E-state index in [-0.39, 0.29) is 21.5 Å². The lowest BCUT2D eigenvalue weighted by molar-refractivity contribution is 0.339. The summed E-state index contributed by atoms with van der Waals surface area (Å²) in [5, 5.41) is 0.390. The molecule has 0 saturated carbocycles. The van der Waals surface area contributed by atoms with Gasteiger partial charge in [0.05, 0.1) is 6.33 Å². The Morgan fingerprint density at radius 2 is 2.17 bits per heavy atom. The highest BCUT2D eigenvalue weighted by molar-refractivity contribution is 8.00. The summed E-state index contributed by atoms with van der Waals surface area (Å²) >= 11 is 7.77. The molecule has 5 nitrogen and oxygen atoms in total. The average molecular weight is 310 g/mol. The van der Waals surface area contributed by atoms with Crippen molar-refractivity contribution in [3.8, 4) is 0 Å². The van der Waals surface area contributed by atoms with E-state index in [4.69, 9.17) is 11.6 Å². The minimum Gasteiger partial charge on any atom is -0.324 e. The van der Waals surface area contributed by atoms with Gasteiger partial charge in [-0.25, -0.2) is 13.4 Å². The number of aryl methyl sites for hydroxylation is 1. The Morgan fingerprint density at radius 1 is 1.50 bits per heavy atom. The molecule has 2 unspecified atom stereocenters. The van der Waals surface area contributed by atoms with Crippen LogP contribution in [0.1, 0.15) is 13.8 Å². The first kappa shape index (κ1) is 14.2. The summed E-state index contributed by atoms with van der Waals surface area (Å²) in [6.45, 7) is 4.47. The largest absolute Gasteiger partial charge is 0.324 e. The number of thioether (sulfide) groups is 1. The van der Waals surface area contributed by atoms with Crippen LogP contribution in [0.25, 0.3) is 0 Å². The molecule has 1 aliphatic heterocycles. The van der Waals surface area contributed by atoms with Gasteiger partial charge in [-0.15, -0.1) is 0 Å². The Hall–Kier alpha value is -0.240. The fraction of sp³-hybridized carbons (Fsp3) is 0.700. The zero-order valence-corrected chi connectivity index (χ0v) is 12.9. The van der Waals surface area contributed by atoms with Crippen molar-refractivity contribution < 1.29 is 8.42 Å². The molecular weight excluding hydrogens is 294 g/mol. The highest BCUT2D eigenvalue weighted by Gasteiger charge is 2.37. The molecule has 2 heterocycles. The average Bonchev–Trinajstić information content (AvgIpc) is 2.64. The number of aromatic nitrogens is 2. The Labute approximate surface area is 117 Å². The first-order chi connectivity index (χ1) is 8.35. The highest BCUT2D eigenvalue weighted by atomic mass is 35.5. The van der Waals surface area contributed by atoms with E-state index in [0.29, 0.717) is 6.54 Å². The van der Waals surface area contributed by atoms with Gasteiger partial charge in [-0.1, -0.05) is 18.5 Å². The van der Waals surface area contributed by atoms with Crippen molar-refractivity contribution in [3.05, 3.63) is 11.5 Å². The van der Waals surface area contributed by atoms with Gasteiger partial charge in [0.2, 0.25) is 5.03 Å². The van der Waals surface area contributed by atoms with E-state index in [1.165, 1.54) is 15.2 Å². The van der Waals surface area contributed by atoms with Gasteiger partial charge < -0.3 is 4.57 Å². The van der Waals surface area contributed by atoms with Gasteiger partial charge in [-0.2, -0.15) is 16.1 Å². The molecule has 0 spiro atoms. The molecular formula is C10H16ClN3O2S2. The van der Waals surface area contributed by atoms with E-state index < -0.39 is 10.0 Å². The molecule has 0 radical (unpaired) electrons. The van der Waals surface area contributed by atoms with E-state index in [2.05, 4.69) is 4.98 Å². The predicted molar refractivity (Wildman–Crippen MR) is 73.5 cm³/mol. The highest BCUT2D eigenvalue weighted by Crippen LogP contribution is 2.31. The van der Waals surface area contributed by atoms with E-state index in [9.17, 15) is 8.42 Å². The van der Waals surface area contributed by atoms with Crippen LogP contribution in [0.15, 0.2) is 11.4 Å². The second-order valence-electron chi connectivity index (χ2n) is 4.38. The summed E-state index contributed by atoms with van der Waals surface area (Å²) in [6, 6.07) is -0.0492. The molecule has 18 heavy (non-hydrogen) atoms. The first-order valence-electron chi connectivity index (χ1n) is 5.66. The number of imidazole rings is 1. The van der Waals surface area contributed by atoms with Gasteiger partial charge in [0.15, 0.2) is 0 Å². The molecule has 1 saturated heterocycles. The van der Waals surface area contributed by atoms with Gasteiger partial charge in [0.1, 0.15) is 5.15 Å². The van der Waals surface area contributed by atoms with Crippen LogP contribution in [0.2, 0.25) is 5.15 Å². The lowest BCUT2D eigenvalue weighted by Gasteiger charge is -2.35. The molecule has 0 bridgehead atoms. The number of hydrogen-bond acceptors (Lipinski definition) is 4. The summed E-state index contributed by atoms with van der Waals surface area (Å²) in [7, 11) is -1.92. The maximum atomic E-state index is 12.5. The molecule has 0 aliphatic carbocycles. The van der Waals surface area contributed by atoms with Gasteiger partial charge in [-0.05, 0) is 6.92 Å². The first-order valence-corrected chi connectivity index (χ1v) is 8.52. The third kappa shape index (κ3) is 2.29. The lowest BCUT2D eigenvalue weighted by atomic mass is 10.2. The molecule has 0 amide bonds. The van der Waals surface area contributed by atoms with Crippen molar-refractivity contribution in [1.29, 1.82) is 0 Å². The Balaban J connectivity index is 2.39. The molecule has 0 N–H and O–H groups in total. The van der Waals surface area contributed by atoms with Crippen LogP contribution in [0.3, 0.4) is 0 Å². The smallest absolute Gasteiger partial charge is 0.263 e. The fourth-order valence-electron chi connectivity index (χ4n) is 1.92. The summed E-state index contributed by atoms with van der Waals surface area (Å²) in [6.07, 6.45) is 1.42. The normalized spacial score (nSPS) is 26.4. The van der Waals surface area contributed by atoms with E-state index >= 15 is 0 Å². The predicted octanol–water partition coefficient (Wildman–Crippen LogP) is 1.59. The Kier molecular flexibility index (Phi) is 3.96. The van der Waals surface area contributed by atoms with Crippen molar-refractivity contribution in [1.82, 2.24) is 13.9 Å². The number of hydrogen-bond donors (Lipinski definition) is 0. The van der Waals surface area contributed by atoms with Crippen LogP contribution in [-0.4, -0.2) is 45.9 Å². The monoisotopic (exact) mass is 309 g/mol. The van der Waals surface area contributed by atoms with Crippen LogP contribution in [0.4, 0.5) is 0 Å². The second-order valence-corrected chi connectivity index (χ2v) is 8.03. The van der Waals surface area contributed by atoms with Crippen molar-refractivity contribution in [3.63, 3.8) is 0 Å². The lowest BCUT2D eigenvalue weighted by Crippen LogP contribution is -2.47. The van der Waals surface area contributed by atoms with Crippen molar-refractivity contribution in [2.45, 2.75) is 30.2 Å². The Morgan fingerprint density at radius 3 is 2.72 bits per heavy atom. The molecule has 8 heteroatoms. The quantitative estimate of drug-likeness (QED) is 0.832. The number of rotatable bonds is 2. The van der Waals surface area contributed by atoms with Crippen LogP contribution in [-0.2, 0) is 17.1 Å². The molecule has 1 aliphatic rings. The minimum atomic E-state index is -3.60. The van der Waals surface area contributed by atoms with Crippen LogP contribution < -0.4 is 0 Å². The molecule has 2 atom stereocenters. The summed E-state index contributed by atoms with van der Waals surface area (Å²) in [4.78, 5) is 3.92. The molecule has 2 rings (SSSR count). The Bertz CT molecular complexity index is 543. The van der Waals surface area contributed by atoms with Crippen LogP contribution in [0, 0.1) is 0 Å². The minimum absolute atomic E-state index is 0.0439. The van der Waals surface area contributed by atoms with Crippen LogP contribution in [0.5, 0.6) is 0 Å². The van der Waals surface area contributed by atoms with Crippen molar-refractivity contribution >= 4 is 33.4 Å². The van der Waals surface area contributed by atoms with E-state index in [1.807, 2.05) is 13.8 Å². The third-order valence-corrected chi connectivity index (χ3v) is 7.03. The number of nitrogens with zero attached hydrogens (tertiary/aromatic N) is 3. The van der Waals surface area contributed by atoms with Gasteiger partial charge in [0, 0.05) is 30.6 Å². The molecule has 0 aromatic carbocycles. The van der Waals surface area contributed by atoms with Gasteiger partial charge in [-0.3, -0.25) is 0 Å². The fourth-order valence-corrected chi connectivity index (χ4v) is 5.31. The topological polar surface area (TPSA) is 55.2 Å². The zero-order valence-electron chi connectivity index (χ0n) is 10.5. The molecule has 1 aromatic rings.